The van der Waals surface area contributed by atoms with E-state index >= 15 is 0 Å². The van der Waals surface area contributed by atoms with Crippen LogP contribution in [-0.2, 0) is 19.2 Å². The molecule has 0 saturated heterocycles. The van der Waals surface area contributed by atoms with Gasteiger partial charge in [0.05, 0.1) is 0 Å². The van der Waals surface area contributed by atoms with Crippen LogP contribution < -0.4 is 18.9 Å². The number of hydrogen-bond donors (Lipinski definition) is 0. The predicted molar refractivity (Wildman–Crippen MR) is 179 cm³/mol. The Balaban J connectivity index is 1.78. The van der Waals surface area contributed by atoms with Gasteiger partial charge in [0.15, 0.2) is 23.0 Å². The van der Waals surface area contributed by atoms with Gasteiger partial charge in [-0.1, -0.05) is 87.0 Å². The number of ether oxygens (including phenoxy) is 4. The number of carbonyl (C=O) groups is 4. The lowest BCUT2D eigenvalue weighted by molar-refractivity contribution is -0.132. The molecule has 0 N–H and O–H groups in total. The van der Waals surface area contributed by atoms with Crippen molar-refractivity contribution in [2.24, 2.45) is 0 Å². The van der Waals surface area contributed by atoms with Crippen LogP contribution in [0.1, 0.15) is 49.9 Å². The molecule has 0 spiro atoms. The van der Waals surface area contributed by atoms with E-state index in [1.807, 2.05) is 48.6 Å². The van der Waals surface area contributed by atoms with E-state index in [2.05, 4.69) is 26.3 Å². The normalized spacial score (nSPS) is 10.7. The molecule has 0 aromatic heterocycles. The van der Waals surface area contributed by atoms with E-state index in [9.17, 15) is 19.2 Å². The van der Waals surface area contributed by atoms with Gasteiger partial charge < -0.3 is 18.9 Å². The lowest BCUT2D eigenvalue weighted by Gasteiger charge is -2.11. The maximum absolute atomic E-state index is 12.2. The van der Waals surface area contributed by atoms with E-state index in [0.29, 0.717) is 11.1 Å². The molecule has 0 atom stereocenters. The minimum absolute atomic E-state index is 0.0739. The van der Waals surface area contributed by atoms with Crippen LogP contribution in [0.15, 0.2) is 109 Å². The van der Waals surface area contributed by atoms with Crippen LogP contribution in [0.5, 0.6) is 23.0 Å². The molecule has 0 bridgehead atoms. The summed E-state index contributed by atoms with van der Waals surface area (Å²) in [5, 5.41) is 0. The summed E-state index contributed by atoms with van der Waals surface area (Å²) < 4.78 is 21.4. The second kappa shape index (κ2) is 15.6. The van der Waals surface area contributed by atoms with E-state index in [1.165, 1.54) is 39.8 Å². The fourth-order valence-corrected chi connectivity index (χ4v) is 3.44. The largest absolute Gasteiger partial charge is 0.419 e. The summed E-state index contributed by atoms with van der Waals surface area (Å²) in [6.07, 6.45) is 7.40. The molecule has 3 rings (SSSR count). The van der Waals surface area contributed by atoms with Crippen molar-refractivity contribution >= 4 is 48.2 Å². The molecule has 46 heavy (non-hydrogen) atoms. The van der Waals surface area contributed by atoms with Crippen LogP contribution in [0.4, 0.5) is 0 Å². The van der Waals surface area contributed by atoms with Crippen LogP contribution in [0.2, 0.25) is 0 Å². The first-order valence-corrected chi connectivity index (χ1v) is 14.0. The van der Waals surface area contributed by atoms with Crippen molar-refractivity contribution in [1.82, 2.24) is 0 Å². The summed E-state index contributed by atoms with van der Waals surface area (Å²) in [4.78, 5) is 48.4. The highest BCUT2D eigenvalue weighted by atomic mass is 16.6. The lowest BCUT2D eigenvalue weighted by atomic mass is 10.1. The molecule has 8 nitrogen and oxygen atoms in total. The molecule has 0 fully saturated rings. The number of benzene rings is 3. The van der Waals surface area contributed by atoms with Crippen LogP contribution in [0.25, 0.3) is 24.3 Å². The zero-order valence-electron chi connectivity index (χ0n) is 26.2. The Hall–Kier alpha value is -6.02. The molecule has 3 aromatic rings. The van der Waals surface area contributed by atoms with Crippen molar-refractivity contribution < 1.29 is 38.1 Å². The third-order valence-electron chi connectivity index (χ3n) is 6.01. The summed E-state index contributed by atoms with van der Waals surface area (Å²) >= 11 is 0. The van der Waals surface area contributed by atoms with Crippen LogP contribution in [0.3, 0.4) is 0 Å². The first kappa shape index (κ1) is 34.5. The number of rotatable bonds is 12. The van der Waals surface area contributed by atoms with Crippen LogP contribution >= 0.6 is 0 Å². The van der Waals surface area contributed by atoms with Crippen molar-refractivity contribution in [2.45, 2.75) is 27.7 Å². The standard InChI is InChI=1S/C38H34O8/c1-23(2)35(39)43-31-19-17-29(21-33(31)45-37(41)25(5)6)15-13-27-9-11-28(12-10-27)14-16-30-18-20-32(44-36(40)24(3)4)34(22-30)46-38(42)26(7)8/h9-22H,1,3,5,7H2,2,4,6,8H3. The third kappa shape index (κ3) is 10.0. The summed E-state index contributed by atoms with van der Waals surface area (Å²) in [7, 11) is 0. The lowest BCUT2D eigenvalue weighted by Crippen LogP contribution is -2.12. The van der Waals surface area contributed by atoms with Crippen molar-refractivity contribution in [3.8, 4) is 23.0 Å². The fourth-order valence-electron chi connectivity index (χ4n) is 3.44. The van der Waals surface area contributed by atoms with Gasteiger partial charge in [0.1, 0.15) is 0 Å². The van der Waals surface area contributed by atoms with Gasteiger partial charge in [-0.25, -0.2) is 19.2 Å². The predicted octanol–water partition coefficient (Wildman–Crippen LogP) is 7.95. The van der Waals surface area contributed by atoms with Gasteiger partial charge in [0, 0.05) is 22.3 Å². The number of hydrogen-bond acceptors (Lipinski definition) is 8. The Morgan fingerprint density at radius 2 is 0.652 bits per heavy atom. The fraction of sp³-hybridized carbons (Fsp3) is 0.105. The quantitative estimate of drug-likeness (QED) is 0.0872. The molecule has 0 aliphatic rings. The first-order valence-electron chi connectivity index (χ1n) is 14.0. The van der Waals surface area contributed by atoms with Gasteiger partial charge in [-0.3, -0.25) is 0 Å². The van der Waals surface area contributed by atoms with Crippen molar-refractivity contribution in [2.75, 3.05) is 0 Å². The summed E-state index contributed by atoms with van der Waals surface area (Å²) in [5.41, 5.74) is 3.98. The minimum Gasteiger partial charge on any atom is -0.419 e. The van der Waals surface area contributed by atoms with Crippen LogP contribution in [0, 0.1) is 0 Å². The van der Waals surface area contributed by atoms with Gasteiger partial charge in [-0.15, -0.1) is 0 Å². The topological polar surface area (TPSA) is 105 Å². The smallest absolute Gasteiger partial charge is 0.338 e. The molecule has 234 valence electrons. The SMILES string of the molecule is C=C(C)C(=O)Oc1ccc(C=Cc2ccc(C=Cc3ccc(OC(=O)C(=C)C)c(OC(=O)C(=C)C)c3)cc2)cc1OC(=O)C(=C)C. The molecular formula is C38H34O8. The summed E-state index contributed by atoms with van der Waals surface area (Å²) in [6, 6.07) is 17.4. The molecule has 0 aliphatic carbocycles. The molecule has 0 aliphatic heterocycles. The highest BCUT2D eigenvalue weighted by Gasteiger charge is 2.16. The van der Waals surface area contributed by atoms with Crippen molar-refractivity contribution in [3.63, 3.8) is 0 Å². The average Bonchev–Trinajstić information content (AvgIpc) is 3.01. The number of carbonyl (C=O) groups excluding carboxylic acids is 4. The van der Waals surface area contributed by atoms with E-state index in [-0.39, 0.29) is 45.3 Å². The highest BCUT2D eigenvalue weighted by molar-refractivity contribution is 5.92. The average molecular weight is 619 g/mol. The Kier molecular flexibility index (Phi) is 11.7. The van der Waals surface area contributed by atoms with E-state index in [1.54, 1.807) is 24.3 Å². The molecular weight excluding hydrogens is 584 g/mol. The second-order valence-corrected chi connectivity index (χ2v) is 10.4. The van der Waals surface area contributed by atoms with E-state index in [4.69, 9.17) is 18.9 Å². The molecule has 0 saturated carbocycles. The molecule has 8 heteroatoms. The van der Waals surface area contributed by atoms with Gasteiger partial charge in [-0.05, 0) is 74.2 Å². The zero-order valence-corrected chi connectivity index (χ0v) is 26.2. The Morgan fingerprint density at radius 3 is 0.935 bits per heavy atom. The van der Waals surface area contributed by atoms with E-state index < -0.39 is 23.9 Å². The second-order valence-electron chi connectivity index (χ2n) is 10.4. The van der Waals surface area contributed by atoms with E-state index in [0.717, 1.165) is 11.1 Å². The molecule has 3 aromatic carbocycles. The molecule has 0 radical (unpaired) electrons. The van der Waals surface area contributed by atoms with Crippen LogP contribution in [-0.4, -0.2) is 23.9 Å². The third-order valence-corrected chi connectivity index (χ3v) is 6.01. The summed E-state index contributed by atoms with van der Waals surface area (Å²) in [5.74, 6) is -2.27. The van der Waals surface area contributed by atoms with Gasteiger partial charge >= 0.3 is 23.9 Å². The molecule has 0 unspecified atom stereocenters. The van der Waals surface area contributed by atoms with Crippen molar-refractivity contribution in [1.29, 1.82) is 0 Å². The monoisotopic (exact) mass is 618 g/mol. The Bertz CT molecular complexity index is 1670. The minimum atomic E-state index is -0.649. The number of esters is 4. The Labute approximate surface area is 268 Å². The molecule has 0 amide bonds. The maximum atomic E-state index is 12.2. The highest BCUT2D eigenvalue weighted by Crippen LogP contribution is 2.32. The van der Waals surface area contributed by atoms with Gasteiger partial charge in [0.2, 0.25) is 0 Å². The maximum Gasteiger partial charge on any atom is 0.338 e. The first-order chi connectivity index (χ1) is 21.7. The molecule has 0 heterocycles. The summed E-state index contributed by atoms with van der Waals surface area (Å²) in [6.45, 7) is 20.4. The van der Waals surface area contributed by atoms with Gasteiger partial charge in [-0.2, -0.15) is 0 Å². The van der Waals surface area contributed by atoms with Crippen molar-refractivity contribution in [3.05, 3.63) is 132 Å². The zero-order chi connectivity index (χ0) is 34.0. The van der Waals surface area contributed by atoms with Gasteiger partial charge in [0.25, 0.3) is 0 Å². The Morgan fingerprint density at radius 1 is 0.413 bits per heavy atom.